The molecule has 0 amide bonds. The topological polar surface area (TPSA) is 78.0 Å². The fourth-order valence-corrected chi connectivity index (χ4v) is 2.09. The highest BCUT2D eigenvalue weighted by atomic mass is 16.4. The van der Waals surface area contributed by atoms with Gasteiger partial charge < -0.3 is 20.7 Å². The van der Waals surface area contributed by atoms with E-state index in [1.165, 1.54) is 0 Å². The molecular formula is C15H21N5O. The summed E-state index contributed by atoms with van der Waals surface area (Å²) in [6, 6.07) is 9.53. The second kappa shape index (κ2) is 6.41. The van der Waals surface area contributed by atoms with E-state index in [1.54, 1.807) is 0 Å². The Morgan fingerprint density at radius 1 is 1.24 bits per heavy atom. The van der Waals surface area contributed by atoms with E-state index in [0.717, 1.165) is 29.8 Å². The molecule has 6 heteroatoms. The predicted molar refractivity (Wildman–Crippen MR) is 86.1 cm³/mol. The van der Waals surface area contributed by atoms with Crippen molar-refractivity contribution in [2.75, 3.05) is 39.1 Å². The van der Waals surface area contributed by atoms with Crippen LogP contribution in [0.5, 0.6) is 0 Å². The minimum atomic E-state index is 0.0934. The summed E-state index contributed by atoms with van der Waals surface area (Å²) in [5.41, 5.74) is 7.31. The summed E-state index contributed by atoms with van der Waals surface area (Å²) in [6.45, 7) is 1.76. The van der Waals surface area contributed by atoms with E-state index >= 15 is 0 Å². The first-order chi connectivity index (χ1) is 10.0. The molecule has 0 aliphatic rings. The first kappa shape index (κ1) is 15.1. The molecule has 1 aromatic carbocycles. The van der Waals surface area contributed by atoms with Gasteiger partial charge in [-0.05, 0) is 26.2 Å². The summed E-state index contributed by atoms with van der Waals surface area (Å²) in [5, 5.41) is 13.0. The Kier molecular flexibility index (Phi) is 4.59. The maximum absolute atomic E-state index is 8.98. The number of nitrogens with zero attached hydrogens (tertiary/aromatic N) is 4. The van der Waals surface area contributed by atoms with Crippen LogP contribution in [0.2, 0.25) is 0 Å². The maximum atomic E-state index is 8.98. The van der Waals surface area contributed by atoms with Crippen LogP contribution < -0.4 is 10.6 Å². The fraction of sp³-hybridized carbons (Fsp3) is 0.333. The Morgan fingerprint density at radius 3 is 2.62 bits per heavy atom. The van der Waals surface area contributed by atoms with Gasteiger partial charge in [0.2, 0.25) is 0 Å². The molecule has 112 valence electrons. The van der Waals surface area contributed by atoms with Crippen LogP contribution in [0.3, 0.4) is 0 Å². The standard InChI is InChI=1S/C15H21N5O/c1-19(2)8-9-20(3)14-10-12(15(16)18-21)11-6-4-5-7-13(11)17-14/h4-7,10,21H,8-9H2,1-3H3,(H2,16,18). The molecule has 1 aromatic heterocycles. The van der Waals surface area contributed by atoms with Gasteiger partial charge in [-0.25, -0.2) is 4.98 Å². The molecule has 21 heavy (non-hydrogen) atoms. The molecule has 0 aliphatic heterocycles. The molecule has 6 nitrogen and oxygen atoms in total. The van der Waals surface area contributed by atoms with Gasteiger partial charge in [0, 0.05) is 31.1 Å². The van der Waals surface area contributed by atoms with Gasteiger partial charge >= 0.3 is 0 Å². The Balaban J connectivity index is 2.46. The van der Waals surface area contributed by atoms with Crippen LogP contribution in [-0.4, -0.2) is 55.2 Å². The Hall–Kier alpha value is -2.34. The number of oxime groups is 1. The highest BCUT2D eigenvalue weighted by molar-refractivity contribution is 6.08. The zero-order valence-electron chi connectivity index (χ0n) is 12.6. The van der Waals surface area contributed by atoms with Crippen LogP contribution in [0.25, 0.3) is 10.9 Å². The predicted octanol–water partition coefficient (Wildman–Crippen LogP) is 1.33. The minimum Gasteiger partial charge on any atom is -0.409 e. The van der Waals surface area contributed by atoms with Crippen molar-refractivity contribution in [1.29, 1.82) is 0 Å². The smallest absolute Gasteiger partial charge is 0.170 e. The number of hydrogen-bond acceptors (Lipinski definition) is 5. The van der Waals surface area contributed by atoms with Gasteiger partial charge in [0.05, 0.1) is 5.52 Å². The highest BCUT2D eigenvalue weighted by Crippen LogP contribution is 2.22. The van der Waals surface area contributed by atoms with Crippen LogP contribution in [0.4, 0.5) is 5.82 Å². The maximum Gasteiger partial charge on any atom is 0.170 e. The molecule has 0 fully saturated rings. The molecular weight excluding hydrogens is 266 g/mol. The Morgan fingerprint density at radius 2 is 1.95 bits per heavy atom. The molecule has 0 atom stereocenters. The van der Waals surface area contributed by atoms with Crippen molar-refractivity contribution in [2.45, 2.75) is 0 Å². The summed E-state index contributed by atoms with van der Waals surface area (Å²) >= 11 is 0. The van der Waals surface area contributed by atoms with Crippen molar-refractivity contribution in [3.63, 3.8) is 0 Å². The Bertz CT molecular complexity index is 654. The number of nitrogens with two attached hydrogens (primary N) is 1. The molecule has 0 aliphatic carbocycles. The van der Waals surface area contributed by atoms with Crippen LogP contribution in [0.15, 0.2) is 35.5 Å². The number of hydrogen-bond donors (Lipinski definition) is 2. The summed E-state index contributed by atoms with van der Waals surface area (Å²) in [5.74, 6) is 0.896. The minimum absolute atomic E-state index is 0.0934. The fourth-order valence-electron chi connectivity index (χ4n) is 2.09. The van der Waals surface area contributed by atoms with E-state index in [2.05, 4.69) is 19.9 Å². The van der Waals surface area contributed by atoms with Gasteiger partial charge in [0.25, 0.3) is 0 Å². The normalized spacial score (nSPS) is 12.1. The van der Waals surface area contributed by atoms with Crippen LogP contribution in [-0.2, 0) is 0 Å². The number of anilines is 1. The third-order valence-electron chi connectivity index (χ3n) is 3.36. The highest BCUT2D eigenvalue weighted by Gasteiger charge is 2.12. The molecule has 3 N–H and O–H groups in total. The van der Waals surface area contributed by atoms with E-state index in [0.29, 0.717) is 5.56 Å². The van der Waals surface area contributed by atoms with Crippen molar-refractivity contribution >= 4 is 22.6 Å². The number of amidine groups is 1. The van der Waals surface area contributed by atoms with Crippen LogP contribution in [0.1, 0.15) is 5.56 Å². The largest absolute Gasteiger partial charge is 0.409 e. The quantitative estimate of drug-likeness (QED) is 0.375. The molecule has 0 bridgehead atoms. The molecule has 0 radical (unpaired) electrons. The van der Waals surface area contributed by atoms with E-state index in [1.807, 2.05) is 51.5 Å². The van der Waals surface area contributed by atoms with Crippen molar-refractivity contribution < 1.29 is 5.21 Å². The number of aromatic nitrogens is 1. The molecule has 0 saturated heterocycles. The number of benzene rings is 1. The lowest BCUT2D eigenvalue weighted by atomic mass is 10.1. The van der Waals surface area contributed by atoms with Gasteiger partial charge in [-0.1, -0.05) is 23.4 Å². The second-order valence-corrected chi connectivity index (χ2v) is 5.26. The van der Waals surface area contributed by atoms with Gasteiger partial charge in [0.15, 0.2) is 5.84 Å². The molecule has 0 unspecified atom stereocenters. The van der Waals surface area contributed by atoms with Crippen molar-refractivity contribution in [3.8, 4) is 0 Å². The third-order valence-corrected chi connectivity index (χ3v) is 3.36. The van der Waals surface area contributed by atoms with Gasteiger partial charge in [-0.15, -0.1) is 0 Å². The molecule has 0 spiro atoms. The molecule has 2 aromatic rings. The lowest BCUT2D eigenvalue weighted by molar-refractivity contribution is 0.318. The molecule has 1 heterocycles. The summed E-state index contributed by atoms with van der Waals surface area (Å²) in [6.07, 6.45) is 0. The van der Waals surface area contributed by atoms with Crippen LogP contribution >= 0.6 is 0 Å². The SMILES string of the molecule is CN(C)CCN(C)c1cc(C(N)=NO)c2ccccc2n1. The zero-order valence-corrected chi connectivity index (χ0v) is 12.6. The number of fused-ring (bicyclic) bond motifs is 1. The lowest BCUT2D eigenvalue weighted by Gasteiger charge is -2.21. The van der Waals surface area contributed by atoms with Crippen molar-refractivity contribution in [3.05, 3.63) is 35.9 Å². The van der Waals surface area contributed by atoms with Crippen molar-refractivity contribution in [1.82, 2.24) is 9.88 Å². The summed E-state index contributed by atoms with van der Waals surface area (Å²) < 4.78 is 0. The van der Waals surface area contributed by atoms with Gasteiger partial charge in [-0.2, -0.15) is 0 Å². The first-order valence-electron chi connectivity index (χ1n) is 6.76. The molecule has 0 saturated carbocycles. The summed E-state index contributed by atoms with van der Waals surface area (Å²) in [4.78, 5) is 8.81. The monoisotopic (exact) mass is 287 g/mol. The number of pyridine rings is 1. The second-order valence-electron chi connectivity index (χ2n) is 5.26. The summed E-state index contributed by atoms with van der Waals surface area (Å²) in [7, 11) is 6.05. The lowest BCUT2D eigenvalue weighted by Crippen LogP contribution is -2.29. The average Bonchev–Trinajstić information content (AvgIpc) is 2.50. The van der Waals surface area contributed by atoms with E-state index in [9.17, 15) is 0 Å². The Labute approximate surface area is 124 Å². The van der Waals surface area contributed by atoms with E-state index < -0.39 is 0 Å². The van der Waals surface area contributed by atoms with Gasteiger partial charge in [-0.3, -0.25) is 0 Å². The number of rotatable bonds is 5. The third kappa shape index (κ3) is 3.41. The number of likely N-dealkylation sites (N-methyl/N-ethyl adjacent to an activating group) is 2. The zero-order chi connectivity index (χ0) is 15.4. The van der Waals surface area contributed by atoms with Crippen molar-refractivity contribution in [2.24, 2.45) is 10.9 Å². The van der Waals surface area contributed by atoms with E-state index in [4.69, 9.17) is 10.9 Å². The van der Waals surface area contributed by atoms with Gasteiger partial charge in [0.1, 0.15) is 5.82 Å². The van der Waals surface area contributed by atoms with Crippen LogP contribution in [0, 0.1) is 0 Å². The molecule has 2 rings (SSSR count). The first-order valence-corrected chi connectivity index (χ1v) is 6.76. The average molecular weight is 287 g/mol. The van der Waals surface area contributed by atoms with E-state index in [-0.39, 0.29) is 5.84 Å². The number of para-hydroxylation sites is 1.